The van der Waals surface area contributed by atoms with Gasteiger partial charge in [0.25, 0.3) is 5.91 Å². The van der Waals surface area contributed by atoms with E-state index in [4.69, 9.17) is 19.0 Å². The van der Waals surface area contributed by atoms with Crippen LogP contribution in [0.2, 0.25) is 0 Å². The van der Waals surface area contributed by atoms with Gasteiger partial charge in [0.2, 0.25) is 0 Å². The maximum absolute atomic E-state index is 14.2. The van der Waals surface area contributed by atoms with Gasteiger partial charge in [0.1, 0.15) is 11.6 Å². The van der Waals surface area contributed by atoms with Crippen molar-refractivity contribution in [2.24, 2.45) is 11.3 Å². The first-order valence-electron chi connectivity index (χ1n) is 17.9. The first kappa shape index (κ1) is 35.2. The largest absolute Gasteiger partial charge is 0.512 e. The molecule has 1 aliphatic carbocycles. The van der Waals surface area contributed by atoms with E-state index in [1.165, 1.54) is 11.3 Å². The van der Waals surface area contributed by atoms with E-state index in [0.717, 1.165) is 46.2 Å². The number of rotatable bonds is 2. The summed E-state index contributed by atoms with van der Waals surface area (Å²) in [4.78, 5) is 49.7. The summed E-state index contributed by atoms with van der Waals surface area (Å²) >= 11 is 1.45. The maximum Gasteiger partial charge on any atom is 0.512 e. The number of alkyl carbamates (subject to hydrolysis) is 1. The molecule has 2 amide bonds. The number of fused-ring (bicyclic) bond motifs is 4. The second kappa shape index (κ2) is 12.2. The lowest BCUT2D eigenvalue weighted by Crippen LogP contribution is -2.71. The summed E-state index contributed by atoms with van der Waals surface area (Å²) in [6, 6.07) is 4.87. The Hall–Kier alpha value is -3.26. The number of nitrogens with one attached hydrogen (secondary N) is 3. The molecule has 4 fully saturated rings. The van der Waals surface area contributed by atoms with E-state index in [2.05, 4.69) is 69.4 Å². The van der Waals surface area contributed by atoms with Crippen LogP contribution in [0.25, 0.3) is 22.2 Å². The number of aromatic amines is 1. The van der Waals surface area contributed by atoms with Crippen LogP contribution in [0.1, 0.15) is 98.6 Å². The van der Waals surface area contributed by atoms with E-state index in [1.807, 2.05) is 11.4 Å². The van der Waals surface area contributed by atoms with Crippen molar-refractivity contribution >= 4 is 52.7 Å². The molecule has 1 saturated carbocycles. The fourth-order valence-corrected chi connectivity index (χ4v) is 8.40. The van der Waals surface area contributed by atoms with Crippen molar-refractivity contribution in [3.63, 3.8) is 0 Å². The van der Waals surface area contributed by atoms with Gasteiger partial charge < -0.3 is 24.3 Å². The summed E-state index contributed by atoms with van der Waals surface area (Å²) in [6.07, 6.45) is 2.79. The summed E-state index contributed by atoms with van der Waals surface area (Å²) in [5.41, 5.74) is 6.06. The van der Waals surface area contributed by atoms with Gasteiger partial charge in [-0.15, -0.1) is 11.3 Å². The number of ketones is 1. The molecule has 5 aliphatic rings. The molecule has 50 heavy (non-hydrogen) atoms. The van der Waals surface area contributed by atoms with E-state index in [-0.39, 0.29) is 35.5 Å². The highest BCUT2D eigenvalue weighted by Crippen LogP contribution is 2.42. The third-order valence-corrected chi connectivity index (χ3v) is 12.1. The van der Waals surface area contributed by atoms with Crippen LogP contribution in [0.4, 0.5) is 4.79 Å². The Morgan fingerprint density at radius 2 is 1.80 bits per heavy atom. The molecule has 2 atom stereocenters. The van der Waals surface area contributed by atoms with E-state index in [1.54, 1.807) is 25.8 Å². The van der Waals surface area contributed by atoms with Crippen LogP contribution in [0.15, 0.2) is 23.6 Å². The Labute approximate surface area is 298 Å². The first-order valence-corrected chi connectivity index (χ1v) is 18.7. The molecular weight excluding hydrogens is 653 g/mol. The first-order chi connectivity index (χ1) is 23.3. The number of carbonyl (C=O) groups is 3. The Kier molecular flexibility index (Phi) is 8.56. The average molecular weight is 704 g/mol. The minimum atomic E-state index is -0.928. The molecule has 3 saturated heterocycles. The van der Waals surface area contributed by atoms with Crippen molar-refractivity contribution in [2.45, 2.75) is 136 Å². The fourth-order valence-electron chi connectivity index (χ4n) is 7.55. The highest BCUT2D eigenvalue weighted by molar-refractivity contribution is 7.10. The zero-order chi connectivity index (χ0) is 36.0. The molecule has 0 radical (unpaired) electrons. The Morgan fingerprint density at radius 3 is 2.48 bits per heavy atom. The molecule has 13 heteroatoms. The SMILES string of the molecule is CC1(C)CCC(=O)[C@H]2NN(C(=O)[C@@H](NC(=O)OC(C)(C)C)Cc3nc(cs3)-c3ccc4[nH]c(B5OC(C)(C)C(C)(C)O5)c(c4c3)C1)C1CC2C1. The van der Waals surface area contributed by atoms with Gasteiger partial charge in [-0.25, -0.2) is 15.2 Å². The maximum atomic E-state index is 14.2. The smallest absolute Gasteiger partial charge is 0.444 e. The summed E-state index contributed by atoms with van der Waals surface area (Å²) in [5, 5.41) is 8.20. The molecule has 0 spiro atoms. The van der Waals surface area contributed by atoms with E-state index in [0.29, 0.717) is 24.3 Å². The van der Waals surface area contributed by atoms with Gasteiger partial charge >= 0.3 is 13.2 Å². The van der Waals surface area contributed by atoms with Crippen molar-refractivity contribution in [1.29, 1.82) is 0 Å². The van der Waals surface area contributed by atoms with Crippen LogP contribution >= 0.6 is 11.3 Å². The highest BCUT2D eigenvalue weighted by Gasteiger charge is 2.53. The quantitative estimate of drug-likeness (QED) is 0.300. The van der Waals surface area contributed by atoms with Crippen molar-refractivity contribution in [3.8, 4) is 11.3 Å². The summed E-state index contributed by atoms with van der Waals surface area (Å²) < 4.78 is 18.7. The number of H-pyrrole nitrogens is 1. The van der Waals surface area contributed by atoms with Gasteiger partial charge in [0.05, 0.1) is 27.9 Å². The van der Waals surface area contributed by atoms with Gasteiger partial charge in [0, 0.05) is 46.3 Å². The Bertz CT molecular complexity index is 1820. The van der Waals surface area contributed by atoms with Gasteiger partial charge in [-0.05, 0) is 103 Å². The molecule has 3 aromatic rings. The van der Waals surface area contributed by atoms with Gasteiger partial charge in [-0.2, -0.15) is 0 Å². The van der Waals surface area contributed by atoms with Gasteiger partial charge in [-0.3, -0.25) is 14.6 Å². The van der Waals surface area contributed by atoms with Crippen LogP contribution in [0.3, 0.4) is 0 Å². The molecule has 8 rings (SSSR count). The number of hydrogen-bond donors (Lipinski definition) is 3. The monoisotopic (exact) mass is 703 g/mol. The molecule has 268 valence electrons. The third-order valence-electron chi connectivity index (χ3n) is 11.2. The van der Waals surface area contributed by atoms with Crippen LogP contribution in [-0.2, 0) is 36.5 Å². The van der Waals surface area contributed by atoms with Gasteiger partial charge in [0.15, 0.2) is 5.78 Å². The molecule has 0 unspecified atom stereocenters. The number of nitrogens with zero attached hydrogens (tertiary/aromatic N) is 2. The van der Waals surface area contributed by atoms with Gasteiger partial charge in [-0.1, -0.05) is 19.9 Å². The number of benzene rings is 1. The van der Waals surface area contributed by atoms with Crippen LogP contribution in [-0.4, -0.2) is 74.8 Å². The minimum Gasteiger partial charge on any atom is -0.444 e. The minimum absolute atomic E-state index is 0.0273. The normalized spacial score (nSPS) is 27.5. The molecule has 8 bridgehead atoms. The summed E-state index contributed by atoms with van der Waals surface area (Å²) in [5.74, 6) is 0.00318. The Balaban J connectivity index is 1.29. The van der Waals surface area contributed by atoms with E-state index < -0.39 is 42.1 Å². The highest BCUT2D eigenvalue weighted by atomic mass is 32.1. The van der Waals surface area contributed by atoms with Crippen LogP contribution in [0, 0.1) is 11.3 Å². The average Bonchev–Trinajstić information content (AvgIpc) is 3.66. The lowest BCUT2D eigenvalue weighted by Gasteiger charge is -2.53. The van der Waals surface area contributed by atoms with E-state index >= 15 is 0 Å². The molecule has 2 aromatic heterocycles. The zero-order valence-corrected chi connectivity index (χ0v) is 31.5. The third kappa shape index (κ3) is 6.62. The molecule has 1 aromatic carbocycles. The Morgan fingerprint density at radius 1 is 1.10 bits per heavy atom. The second-order valence-electron chi connectivity index (χ2n) is 17.4. The lowest BCUT2D eigenvalue weighted by atomic mass is 9.70. The molecule has 6 heterocycles. The number of Topliss-reactive ketones (excluding diaryl/α,β-unsaturated/α-hetero) is 1. The number of hydrazine groups is 1. The number of hydrogen-bond acceptors (Lipinski definition) is 9. The number of amides is 2. The van der Waals surface area contributed by atoms with Crippen molar-refractivity contribution in [2.75, 3.05) is 0 Å². The van der Waals surface area contributed by atoms with Crippen molar-refractivity contribution in [1.82, 2.24) is 25.7 Å². The lowest BCUT2D eigenvalue weighted by molar-refractivity contribution is -0.158. The standard InChI is InChI=1S/C37H50BN5O6S/c1-34(2,3)47-33(46)41-26-17-29-39-27(19-50-29)20-10-11-25-23(16-20)24(31(40-25)38-48-36(6,7)37(8,9)49-38)18-35(4,5)13-12-28(44)30-21-14-22(15-21)43(42-30)32(26)45/h10-11,16,19,21-22,26,30,40,42H,12-15,17-18H2,1-9H3,(H,41,46)/t21?,22?,26-,30-/m0/s1. The molecule has 3 N–H and O–H groups in total. The summed E-state index contributed by atoms with van der Waals surface area (Å²) in [6.45, 7) is 18.0. The van der Waals surface area contributed by atoms with Crippen LogP contribution < -0.4 is 16.3 Å². The van der Waals surface area contributed by atoms with Crippen LogP contribution in [0.5, 0.6) is 0 Å². The predicted molar refractivity (Wildman–Crippen MR) is 194 cm³/mol. The number of aromatic nitrogens is 2. The van der Waals surface area contributed by atoms with Crippen molar-refractivity contribution in [3.05, 3.63) is 34.2 Å². The topological polar surface area (TPSA) is 135 Å². The molecular formula is C37H50BN5O6S. The number of carbonyl (C=O) groups excluding carboxylic acids is 3. The fraction of sp³-hybridized carbons (Fsp3) is 0.622. The molecule has 4 aliphatic heterocycles. The van der Waals surface area contributed by atoms with E-state index in [9.17, 15) is 14.4 Å². The second-order valence-corrected chi connectivity index (χ2v) is 18.3. The number of thiazole rings is 1. The van der Waals surface area contributed by atoms with Crippen molar-refractivity contribution < 1.29 is 28.4 Å². The predicted octanol–water partition coefficient (Wildman–Crippen LogP) is 5.45. The summed E-state index contributed by atoms with van der Waals surface area (Å²) in [7, 11) is -0.567. The molecule has 11 nitrogen and oxygen atoms in total. The number of ether oxygens (including phenoxy) is 1. The zero-order valence-electron chi connectivity index (χ0n) is 30.7.